The minimum absolute atomic E-state index is 0.0970. The van der Waals surface area contributed by atoms with E-state index in [-0.39, 0.29) is 12.0 Å². The lowest BCUT2D eigenvalue weighted by Gasteiger charge is -2.26. The van der Waals surface area contributed by atoms with E-state index in [9.17, 15) is 9.59 Å². The molecular weight excluding hydrogens is 208 g/mol. The molecule has 0 aromatic carbocycles. The van der Waals surface area contributed by atoms with Crippen LogP contribution in [0.3, 0.4) is 0 Å². The van der Waals surface area contributed by atoms with Gasteiger partial charge in [-0.3, -0.25) is 4.79 Å². The molecule has 5 heteroatoms. The molecule has 0 aromatic heterocycles. The van der Waals surface area contributed by atoms with Crippen LogP contribution in [0.5, 0.6) is 0 Å². The summed E-state index contributed by atoms with van der Waals surface area (Å²) in [4.78, 5) is 23.9. The molecule has 0 atom stereocenters. The molecule has 0 spiro atoms. The number of likely N-dealkylation sites (N-methyl/N-ethyl adjacent to an activating group) is 1. The number of nitrogens with zero attached hydrogens (tertiary/aromatic N) is 1. The lowest BCUT2D eigenvalue weighted by Crippen LogP contribution is -2.41. The van der Waals surface area contributed by atoms with Crippen molar-refractivity contribution in [2.24, 2.45) is 0 Å². The minimum Gasteiger partial charge on any atom is -0.444 e. The predicted molar refractivity (Wildman–Crippen MR) is 62.2 cm³/mol. The van der Waals surface area contributed by atoms with E-state index in [1.165, 1.54) is 6.92 Å². The molecule has 0 heterocycles. The van der Waals surface area contributed by atoms with Crippen LogP contribution < -0.4 is 5.32 Å². The quantitative estimate of drug-likeness (QED) is 0.793. The van der Waals surface area contributed by atoms with Gasteiger partial charge < -0.3 is 15.0 Å². The minimum atomic E-state index is -0.488. The fraction of sp³-hybridized carbons (Fsp3) is 0.818. The fourth-order valence-corrected chi connectivity index (χ4v) is 1.07. The molecule has 5 nitrogen and oxygen atoms in total. The number of ether oxygens (including phenoxy) is 1. The molecule has 2 amide bonds. The Morgan fingerprint density at radius 3 is 2.25 bits per heavy atom. The number of carbonyl (C=O) groups excluding carboxylic acids is 2. The Labute approximate surface area is 97.1 Å². The van der Waals surface area contributed by atoms with E-state index in [1.807, 2.05) is 27.7 Å². The fourth-order valence-electron chi connectivity index (χ4n) is 1.07. The zero-order valence-corrected chi connectivity index (χ0v) is 10.8. The summed E-state index contributed by atoms with van der Waals surface area (Å²) in [5, 5.41) is 2.64. The number of rotatable bonds is 4. The Morgan fingerprint density at radius 1 is 1.31 bits per heavy atom. The second kappa shape index (κ2) is 6.35. The van der Waals surface area contributed by atoms with E-state index in [2.05, 4.69) is 5.32 Å². The Balaban J connectivity index is 4.07. The van der Waals surface area contributed by atoms with Gasteiger partial charge in [-0.25, -0.2) is 4.79 Å². The lowest BCUT2D eigenvalue weighted by atomic mass is 10.2. The zero-order valence-electron chi connectivity index (χ0n) is 10.8. The largest absolute Gasteiger partial charge is 0.444 e. The van der Waals surface area contributed by atoms with Gasteiger partial charge in [-0.15, -0.1) is 0 Å². The summed E-state index contributed by atoms with van der Waals surface area (Å²) in [7, 11) is 0. The van der Waals surface area contributed by atoms with Gasteiger partial charge in [-0.1, -0.05) is 0 Å². The van der Waals surface area contributed by atoms with E-state index in [0.717, 1.165) is 0 Å². The number of carbonyl (C=O) groups is 2. The van der Waals surface area contributed by atoms with Crippen LogP contribution >= 0.6 is 0 Å². The first-order chi connectivity index (χ1) is 7.26. The molecule has 0 unspecified atom stereocenters. The van der Waals surface area contributed by atoms with E-state index in [0.29, 0.717) is 19.6 Å². The van der Waals surface area contributed by atoms with Crippen LogP contribution in [0.4, 0.5) is 4.79 Å². The van der Waals surface area contributed by atoms with Crippen LogP contribution in [0, 0.1) is 0 Å². The summed E-state index contributed by atoms with van der Waals surface area (Å²) in [6, 6.07) is 0. The van der Waals surface area contributed by atoms with Gasteiger partial charge in [0.1, 0.15) is 5.60 Å². The van der Waals surface area contributed by atoms with E-state index in [1.54, 1.807) is 4.90 Å². The number of hydrogen-bond donors (Lipinski definition) is 1. The smallest absolute Gasteiger partial charge is 0.410 e. The van der Waals surface area contributed by atoms with Gasteiger partial charge in [-0.2, -0.15) is 0 Å². The molecule has 16 heavy (non-hydrogen) atoms. The van der Waals surface area contributed by atoms with Gasteiger partial charge in [0.25, 0.3) is 0 Å². The number of nitrogens with one attached hydrogen (secondary N) is 1. The summed E-state index contributed by atoms with van der Waals surface area (Å²) >= 11 is 0. The summed E-state index contributed by atoms with van der Waals surface area (Å²) in [6.07, 6.45) is -0.347. The first kappa shape index (κ1) is 14.7. The Kier molecular flexibility index (Phi) is 5.85. The SMILES string of the molecule is CCN(CCNC(C)=O)C(=O)OC(C)(C)C. The molecule has 0 saturated carbocycles. The van der Waals surface area contributed by atoms with Crippen molar-refractivity contribution in [1.29, 1.82) is 0 Å². The topological polar surface area (TPSA) is 58.6 Å². The van der Waals surface area contributed by atoms with Crippen LogP contribution in [0.15, 0.2) is 0 Å². The maximum Gasteiger partial charge on any atom is 0.410 e. The third-order valence-electron chi connectivity index (χ3n) is 1.79. The summed E-state index contributed by atoms with van der Waals surface area (Å²) in [5.41, 5.74) is -0.488. The summed E-state index contributed by atoms with van der Waals surface area (Å²) in [5.74, 6) is -0.0970. The van der Waals surface area contributed by atoms with Crippen LogP contribution in [0.2, 0.25) is 0 Å². The van der Waals surface area contributed by atoms with Gasteiger partial charge in [0.15, 0.2) is 0 Å². The second-order valence-corrected chi connectivity index (χ2v) is 4.54. The molecule has 0 aliphatic carbocycles. The van der Waals surface area contributed by atoms with Gasteiger partial charge >= 0.3 is 6.09 Å². The molecule has 0 aromatic rings. The number of hydrogen-bond acceptors (Lipinski definition) is 3. The Hall–Kier alpha value is -1.26. The molecule has 0 aliphatic rings. The highest BCUT2D eigenvalue weighted by Gasteiger charge is 2.20. The summed E-state index contributed by atoms with van der Waals surface area (Å²) in [6.45, 7) is 10.3. The highest BCUT2D eigenvalue weighted by atomic mass is 16.6. The number of amides is 2. The van der Waals surface area contributed by atoms with Crippen LogP contribution in [-0.2, 0) is 9.53 Å². The molecular formula is C11H22N2O3. The molecule has 1 N–H and O–H groups in total. The maximum atomic E-state index is 11.7. The maximum absolute atomic E-state index is 11.7. The first-order valence-electron chi connectivity index (χ1n) is 5.48. The van der Waals surface area contributed by atoms with E-state index >= 15 is 0 Å². The van der Waals surface area contributed by atoms with Gasteiger partial charge in [0.05, 0.1) is 0 Å². The molecule has 0 radical (unpaired) electrons. The lowest BCUT2D eigenvalue weighted by molar-refractivity contribution is -0.119. The first-order valence-corrected chi connectivity index (χ1v) is 5.48. The van der Waals surface area contributed by atoms with Crippen molar-refractivity contribution in [1.82, 2.24) is 10.2 Å². The summed E-state index contributed by atoms with van der Waals surface area (Å²) < 4.78 is 5.22. The van der Waals surface area contributed by atoms with Crippen molar-refractivity contribution >= 4 is 12.0 Å². The van der Waals surface area contributed by atoms with Crippen LogP contribution in [0.25, 0.3) is 0 Å². The molecule has 0 aliphatic heterocycles. The zero-order chi connectivity index (χ0) is 12.8. The third kappa shape index (κ3) is 7.09. The highest BCUT2D eigenvalue weighted by Crippen LogP contribution is 2.09. The van der Waals surface area contributed by atoms with Crippen molar-refractivity contribution in [2.75, 3.05) is 19.6 Å². The van der Waals surface area contributed by atoms with E-state index < -0.39 is 5.60 Å². The van der Waals surface area contributed by atoms with Gasteiger partial charge in [0.2, 0.25) is 5.91 Å². The second-order valence-electron chi connectivity index (χ2n) is 4.54. The normalized spacial score (nSPS) is 10.8. The van der Waals surface area contributed by atoms with Crippen LogP contribution in [-0.4, -0.2) is 42.1 Å². The molecule has 0 saturated heterocycles. The molecule has 0 fully saturated rings. The Morgan fingerprint density at radius 2 is 1.88 bits per heavy atom. The van der Waals surface area contributed by atoms with E-state index in [4.69, 9.17) is 4.74 Å². The van der Waals surface area contributed by atoms with Crippen molar-refractivity contribution in [3.63, 3.8) is 0 Å². The van der Waals surface area contributed by atoms with Gasteiger partial charge in [-0.05, 0) is 27.7 Å². The van der Waals surface area contributed by atoms with Crippen LogP contribution in [0.1, 0.15) is 34.6 Å². The van der Waals surface area contributed by atoms with Crippen molar-refractivity contribution in [3.8, 4) is 0 Å². The van der Waals surface area contributed by atoms with Crippen molar-refractivity contribution in [3.05, 3.63) is 0 Å². The average Bonchev–Trinajstić information content (AvgIpc) is 2.08. The molecule has 0 bridgehead atoms. The third-order valence-corrected chi connectivity index (χ3v) is 1.79. The monoisotopic (exact) mass is 230 g/mol. The molecule has 94 valence electrons. The standard InChI is InChI=1S/C11H22N2O3/c1-6-13(8-7-12-9(2)14)10(15)16-11(3,4)5/h6-8H2,1-5H3,(H,12,14). The van der Waals surface area contributed by atoms with Gasteiger partial charge in [0, 0.05) is 26.6 Å². The Bertz CT molecular complexity index is 246. The highest BCUT2D eigenvalue weighted by molar-refractivity contribution is 5.73. The predicted octanol–water partition coefficient (Wildman–Crippen LogP) is 1.38. The average molecular weight is 230 g/mol. The molecule has 0 rings (SSSR count). The van der Waals surface area contributed by atoms with Crippen molar-refractivity contribution < 1.29 is 14.3 Å². The van der Waals surface area contributed by atoms with Crippen molar-refractivity contribution in [2.45, 2.75) is 40.2 Å².